The van der Waals surface area contributed by atoms with Crippen LogP contribution in [0, 0.1) is 5.82 Å². The number of ether oxygens (including phenoxy) is 1. The van der Waals surface area contributed by atoms with E-state index in [0.29, 0.717) is 48.1 Å². The Morgan fingerprint density at radius 1 is 1.21 bits per heavy atom. The van der Waals surface area contributed by atoms with Crippen LogP contribution in [-0.2, 0) is 11.2 Å². The van der Waals surface area contributed by atoms with E-state index in [-0.39, 0.29) is 0 Å². The minimum absolute atomic E-state index is 0.290. The summed E-state index contributed by atoms with van der Waals surface area (Å²) in [5, 5.41) is 0. The predicted octanol–water partition coefficient (Wildman–Crippen LogP) is 4.36. The maximum Gasteiger partial charge on any atom is 0.213 e. The number of halogens is 1. The molecule has 5 nitrogen and oxygen atoms in total. The number of hydrogen-bond acceptors (Lipinski definition) is 5. The Morgan fingerprint density at radius 3 is 2.75 bits per heavy atom. The van der Waals surface area contributed by atoms with Crippen LogP contribution < -0.4 is 4.74 Å². The SMILES string of the molecule is CCC(=O)CCCCCCc1ncc(-c2cc(OC)ncc2F)o1. The van der Waals surface area contributed by atoms with Crippen molar-refractivity contribution < 1.29 is 18.3 Å². The van der Waals surface area contributed by atoms with E-state index in [9.17, 15) is 9.18 Å². The van der Waals surface area contributed by atoms with Crippen LogP contribution in [0.5, 0.6) is 5.88 Å². The smallest absolute Gasteiger partial charge is 0.213 e. The van der Waals surface area contributed by atoms with E-state index in [2.05, 4.69) is 9.97 Å². The average molecular weight is 334 g/mol. The Morgan fingerprint density at radius 2 is 2.00 bits per heavy atom. The number of carbonyl (C=O) groups excluding carboxylic acids is 1. The summed E-state index contributed by atoms with van der Waals surface area (Å²) in [5.74, 6) is 1.13. The van der Waals surface area contributed by atoms with Crippen molar-refractivity contribution >= 4 is 5.78 Å². The summed E-state index contributed by atoms with van der Waals surface area (Å²) in [6, 6.07) is 1.49. The molecule has 0 aliphatic rings. The number of aryl methyl sites for hydroxylation is 1. The molecule has 0 unspecified atom stereocenters. The van der Waals surface area contributed by atoms with Gasteiger partial charge in [0, 0.05) is 25.3 Å². The van der Waals surface area contributed by atoms with E-state index in [0.717, 1.165) is 31.9 Å². The fraction of sp³-hybridized carbons (Fsp3) is 0.500. The Balaban J connectivity index is 1.82. The molecule has 0 aliphatic carbocycles. The number of unbranched alkanes of at least 4 members (excludes halogenated alkanes) is 3. The van der Waals surface area contributed by atoms with Crippen LogP contribution in [0.15, 0.2) is 22.9 Å². The molecule has 0 radical (unpaired) electrons. The van der Waals surface area contributed by atoms with Gasteiger partial charge in [0.2, 0.25) is 5.88 Å². The van der Waals surface area contributed by atoms with E-state index in [4.69, 9.17) is 9.15 Å². The van der Waals surface area contributed by atoms with Gasteiger partial charge in [-0.1, -0.05) is 19.8 Å². The first kappa shape index (κ1) is 18.1. The third kappa shape index (κ3) is 5.15. The van der Waals surface area contributed by atoms with Gasteiger partial charge < -0.3 is 9.15 Å². The third-order valence-corrected chi connectivity index (χ3v) is 3.85. The molecule has 0 saturated heterocycles. The molecule has 0 aliphatic heterocycles. The molecule has 24 heavy (non-hydrogen) atoms. The standard InChI is InChI=1S/C18H23FN2O3/c1-3-13(22)8-6-4-5-7-9-17-21-12-16(24-17)14-10-18(23-2)20-11-15(14)19/h10-12H,3-9H2,1-2H3. The molecule has 0 saturated carbocycles. The summed E-state index contributed by atoms with van der Waals surface area (Å²) in [6.07, 6.45) is 8.53. The summed E-state index contributed by atoms with van der Waals surface area (Å²) in [6.45, 7) is 1.89. The van der Waals surface area contributed by atoms with Gasteiger partial charge in [0.05, 0.1) is 25.1 Å². The second-order valence-corrected chi connectivity index (χ2v) is 5.63. The van der Waals surface area contributed by atoms with Gasteiger partial charge in [-0.25, -0.2) is 14.4 Å². The minimum Gasteiger partial charge on any atom is -0.481 e. The number of methoxy groups -OCH3 is 1. The molecule has 0 bridgehead atoms. The van der Waals surface area contributed by atoms with Crippen LogP contribution >= 0.6 is 0 Å². The zero-order valence-corrected chi connectivity index (χ0v) is 14.2. The highest BCUT2D eigenvalue weighted by molar-refractivity contribution is 5.77. The van der Waals surface area contributed by atoms with Crippen molar-refractivity contribution in [1.82, 2.24) is 9.97 Å². The van der Waals surface area contributed by atoms with Gasteiger partial charge in [-0.3, -0.25) is 4.79 Å². The van der Waals surface area contributed by atoms with E-state index >= 15 is 0 Å². The topological polar surface area (TPSA) is 65.2 Å². The van der Waals surface area contributed by atoms with E-state index in [1.54, 1.807) is 0 Å². The highest BCUT2D eigenvalue weighted by Gasteiger charge is 2.13. The first-order chi connectivity index (χ1) is 11.6. The van der Waals surface area contributed by atoms with E-state index < -0.39 is 5.82 Å². The average Bonchev–Trinajstić information content (AvgIpc) is 3.06. The number of hydrogen-bond donors (Lipinski definition) is 0. The number of carbonyl (C=O) groups is 1. The van der Waals surface area contributed by atoms with Gasteiger partial charge in [-0.05, 0) is 12.8 Å². The van der Waals surface area contributed by atoms with Crippen LogP contribution in [0.2, 0.25) is 0 Å². The minimum atomic E-state index is -0.473. The van der Waals surface area contributed by atoms with Gasteiger partial charge in [0.25, 0.3) is 0 Å². The molecule has 2 aromatic heterocycles. The summed E-state index contributed by atoms with van der Waals surface area (Å²) < 4.78 is 24.5. The Bertz CT molecular complexity index is 670. The Hall–Kier alpha value is -2.24. The largest absolute Gasteiger partial charge is 0.481 e. The Labute approximate surface area is 141 Å². The highest BCUT2D eigenvalue weighted by atomic mass is 19.1. The summed E-state index contributed by atoms with van der Waals surface area (Å²) in [4.78, 5) is 19.2. The highest BCUT2D eigenvalue weighted by Crippen LogP contribution is 2.26. The molecular weight excluding hydrogens is 311 g/mol. The van der Waals surface area contributed by atoms with Crippen molar-refractivity contribution in [2.45, 2.75) is 51.9 Å². The molecule has 0 amide bonds. The van der Waals surface area contributed by atoms with Crippen molar-refractivity contribution in [3.63, 3.8) is 0 Å². The van der Waals surface area contributed by atoms with Crippen LogP contribution in [0.25, 0.3) is 11.3 Å². The molecule has 2 rings (SSSR count). The maximum atomic E-state index is 13.9. The third-order valence-electron chi connectivity index (χ3n) is 3.85. The molecular formula is C18H23FN2O3. The van der Waals surface area contributed by atoms with Crippen LogP contribution in [-0.4, -0.2) is 22.9 Å². The second-order valence-electron chi connectivity index (χ2n) is 5.63. The molecule has 0 N–H and O–H groups in total. The number of pyridine rings is 1. The second kappa shape index (κ2) is 9.15. The summed E-state index contributed by atoms with van der Waals surface area (Å²) >= 11 is 0. The number of oxazole rings is 1. The van der Waals surface area contributed by atoms with Gasteiger partial charge in [0.1, 0.15) is 5.78 Å². The quantitative estimate of drug-likeness (QED) is 0.604. The van der Waals surface area contributed by atoms with Gasteiger partial charge >= 0.3 is 0 Å². The van der Waals surface area contributed by atoms with Crippen LogP contribution in [0.1, 0.15) is 51.3 Å². The molecule has 0 fully saturated rings. The van der Waals surface area contributed by atoms with Crippen molar-refractivity contribution in [1.29, 1.82) is 0 Å². The number of nitrogens with zero attached hydrogens (tertiary/aromatic N) is 2. The summed E-state index contributed by atoms with van der Waals surface area (Å²) in [7, 11) is 1.48. The number of rotatable bonds is 10. The first-order valence-corrected chi connectivity index (χ1v) is 8.30. The van der Waals surface area contributed by atoms with Crippen molar-refractivity contribution in [2.75, 3.05) is 7.11 Å². The zero-order chi connectivity index (χ0) is 17.4. The fourth-order valence-corrected chi connectivity index (χ4v) is 2.40. The Kier molecular flexibility index (Phi) is 6.90. The molecule has 2 heterocycles. The van der Waals surface area contributed by atoms with Crippen LogP contribution in [0.3, 0.4) is 0 Å². The molecule has 0 atom stereocenters. The molecule has 0 spiro atoms. The lowest BCUT2D eigenvalue weighted by Crippen LogP contribution is -1.94. The monoisotopic (exact) mass is 334 g/mol. The maximum absolute atomic E-state index is 13.9. The number of Topliss-reactive ketones (excluding diaryl/α,β-unsaturated/α-hetero) is 1. The van der Waals surface area contributed by atoms with E-state index in [1.807, 2.05) is 6.92 Å². The van der Waals surface area contributed by atoms with Crippen molar-refractivity contribution in [2.24, 2.45) is 0 Å². The fourth-order valence-electron chi connectivity index (χ4n) is 2.40. The first-order valence-electron chi connectivity index (χ1n) is 8.30. The van der Waals surface area contributed by atoms with Gasteiger partial charge in [0.15, 0.2) is 17.5 Å². The van der Waals surface area contributed by atoms with Gasteiger partial charge in [-0.2, -0.15) is 0 Å². The number of aromatic nitrogens is 2. The predicted molar refractivity (Wildman–Crippen MR) is 88.3 cm³/mol. The molecule has 2 aromatic rings. The number of ketones is 1. The van der Waals surface area contributed by atoms with Gasteiger partial charge in [-0.15, -0.1) is 0 Å². The summed E-state index contributed by atoms with van der Waals surface area (Å²) in [5.41, 5.74) is 0.290. The lowest BCUT2D eigenvalue weighted by atomic mass is 10.1. The van der Waals surface area contributed by atoms with Crippen molar-refractivity contribution in [3.8, 4) is 17.2 Å². The normalized spacial score (nSPS) is 10.8. The van der Waals surface area contributed by atoms with Crippen LogP contribution in [0.4, 0.5) is 4.39 Å². The van der Waals surface area contributed by atoms with Crippen molar-refractivity contribution in [3.05, 3.63) is 30.2 Å². The lowest BCUT2D eigenvalue weighted by Gasteiger charge is -2.02. The molecule has 6 heteroatoms. The molecule has 0 aromatic carbocycles. The lowest BCUT2D eigenvalue weighted by molar-refractivity contribution is -0.118. The zero-order valence-electron chi connectivity index (χ0n) is 14.2. The molecule has 130 valence electrons. The van der Waals surface area contributed by atoms with E-state index in [1.165, 1.54) is 19.4 Å².